The molecule has 0 atom stereocenters. The number of nitrogens with zero attached hydrogens (tertiary/aromatic N) is 3. The van der Waals surface area contributed by atoms with E-state index in [1.165, 1.54) is 21.3 Å². The zero-order chi connectivity index (χ0) is 22.4. The van der Waals surface area contributed by atoms with Crippen LogP contribution in [0.3, 0.4) is 0 Å². The molecule has 0 spiro atoms. The third kappa shape index (κ3) is 4.33. The smallest absolute Gasteiger partial charge is 0.264 e. The van der Waals surface area contributed by atoms with Crippen LogP contribution in [0.5, 0.6) is 0 Å². The normalized spacial score (nSPS) is 11.6. The SMILES string of the molecule is CC(C)[Si](OCCc1ncccc1C(=O)n1ccnc1)(c1ccccc1)c1ccccc1. The molecule has 0 saturated carbocycles. The Balaban J connectivity index is 1.63. The summed E-state index contributed by atoms with van der Waals surface area (Å²) in [6.07, 6.45) is 7.03. The molecule has 162 valence electrons. The molecular weight excluding hydrogens is 414 g/mol. The van der Waals surface area contributed by atoms with E-state index >= 15 is 0 Å². The van der Waals surface area contributed by atoms with E-state index in [4.69, 9.17) is 4.43 Å². The second-order valence-electron chi connectivity index (χ2n) is 7.99. The van der Waals surface area contributed by atoms with Gasteiger partial charge in [0.1, 0.15) is 6.33 Å². The van der Waals surface area contributed by atoms with Crippen LogP contribution in [0.4, 0.5) is 0 Å². The first-order valence-electron chi connectivity index (χ1n) is 10.8. The molecule has 4 rings (SSSR count). The molecule has 0 aliphatic heterocycles. The lowest BCUT2D eigenvalue weighted by Crippen LogP contribution is -2.63. The van der Waals surface area contributed by atoms with Gasteiger partial charge in [-0.2, -0.15) is 0 Å². The molecule has 0 radical (unpaired) electrons. The van der Waals surface area contributed by atoms with E-state index in [9.17, 15) is 4.79 Å². The summed E-state index contributed by atoms with van der Waals surface area (Å²) in [6, 6.07) is 24.7. The van der Waals surface area contributed by atoms with Crippen molar-refractivity contribution in [3.63, 3.8) is 0 Å². The summed E-state index contributed by atoms with van der Waals surface area (Å²) in [6.45, 7) is 4.96. The van der Waals surface area contributed by atoms with Gasteiger partial charge in [0, 0.05) is 31.6 Å². The number of imidazole rings is 1. The predicted molar refractivity (Wildman–Crippen MR) is 129 cm³/mol. The Morgan fingerprint density at radius 3 is 2.16 bits per heavy atom. The van der Waals surface area contributed by atoms with Crippen molar-refractivity contribution in [3.05, 3.63) is 109 Å². The summed E-state index contributed by atoms with van der Waals surface area (Å²) in [5.41, 5.74) is 1.63. The number of pyridine rings is 1. The van der Waals surface area contributed by atoms with E-state index in [-0.39, 0.29) is 5.91 Å². The highest BCUT2D eigenvalue weighted by molar-refractivity contribution is 6.98. The number of carbonyl (C=O) groups is 1. The lowest BCUT2D eigenvalue weighted by molar-refractivity contribution is 0.0958. The fourth-order valence-electron chi connectivity index (χ4n) is 4.20. The van der Waals surface area contributed by atoms with Gasteiger partial charge in [-0.05, 0) is 28.0 Å². The van der Waals surface area contributed by atoms with Crippen LogP contribution in [0, 0.1) is 0 Å². The van der Waals surface area contributed by atoms with Crippen LogP contribution in [0.25, 0.3) is 0 Å². The van der Waals surface area contributed by atoms with Gasteiger partial charge in [0.15, 0.2) is 0 Å². The maximum absolute atomic E-state index is 12.9. The Hall–Kier alpha value is -3.35. The van der Waals surface area contributed by atoms with Crippen molar-refractivity contribution in [1.82, 2.24) is 14.5 Å². The van der Waals surface area contributed by atoms with Gasteiger partial charge >= 0.3 is 0 Å². The minimum absolute atomic E-state index is 0.135. The highest BCUT2D eigenvalue weighted by Crippen LogP contribution is 2.23. The molecule has 0 N–H and O–H groups in total. The molecule has 2 heterocycles. The van der Waals surface area contributed by atoms with Crippen LogP contribution < -0.4 is 10.4 Å². The maximum atomic E-state index is 12.9. The molecular formula is C26H27N3O2Si. The summed E-state index contributed by atoms with van der Waals surface area (Å²) in [7, 11) is -2.50. The Bertz CT molecular complexity index is 1110. The fraction of sp³-hybridized carbons (Fsp3) is 0.192. The van der Waals surface area contributed by atoms with Gasteiger partial charge in [0.25, 0.3) is 14.2 Å². The van der Waals surface area contributed by atoms with Gasteiger partial charge in [-0.15, -0.1) is 0 Å². The van der Waals surface area contributed by atoms with Gasteiger partial charge in [0.05, 0.1) is 11.3 Å². The van der Waals surface area contributed by atoms with Gasteiger partial charge in [-0.1, -0.05) is 74.5 Å². The highest BCUT2D eigenvalue weighted by Gasteiger charge is 2.42. The second-order valence-corrected chi connectivity index (χ2v) is 12.1. The van der Waals surface area contributed by atoms with E-state index < -0.39 is 8.32 Å². The van der Waals surface area contributed by atoms with Crippen molar-refractivity contribution < 1.29 is 9.22 Å². The van der Waals surface area contributed by atoms with Crippen molar-refractivity contribution in [2.75, 3.05) is 6.61 Å². The van der Waals surface area contributed by atoms with E-state index in [0.29, 0.717) is 24.1 Å². The van der Waals surface area contributed by atoms with Crippen molar-refractivity contribution in [2.24, 2.45) is 0 Å². The Morgan fingerprint density at radius 2 is 1.59 bits per heavy atom. The monoisotopic (exact) mass is 441 g/mol. The van der Waals surface area contributed by atoms with Crippen LogP contribution in [0.1, 0.15) is 29.9 Å². The summed E-state index contributed by atoms with van der Waals surface area (Å²) in [5, 5.41) is 2.49. The number of carbonyl (C=O) groups excluding carboxylic acids is 1. The minimum atomic E-state index is -2.50. The molecule has 0 unspecified atom stereocenters. The zero-order valence-electron chi connectivity index (χ0n) is 18.4. The number of hydrogen-bond donors (Lipinski definition) is 0. The van der Waals surface area contributed by atoms with Crippen LogP contribution in [-0.4, -0.2) is 35.4 Å². The van der Waals surface area contributed by atoms with E-state index in [1.54, 1.807) is 24.7 Å². The Morgan fingerprint density at radius 1 is 0.938 bits per heavy atom. The number of hydrogen-bond acceptors (Lipinski definition) is 4. The molecule has 32 heavy (non-hydrogen) atoms. The first-order chi connectivity index (χ1) is 15.6. The molecule has 2 aromatic carbocycles. The third-order valence-corrected chi connectivity index (χ3v) is 10.4. The van der Waals surface area contributed by atoms with Crippen LogP contribution in [0.2, 0.25) is 5.54 Å². The highest BCUT2D eigenvalue weighted by atomic mass is 28.4. The summed E-state index contributed by atoms with van der Waals surface area (Å²) < 4.78 is 8.34. The topological polar surface area (TPSA) is 57.0 Å². The van der Waals surface area contributed by atoms with Gasteiger partial charge in [-0.25, -0.2) is 4.98 Å². The largest absolute Gasteiger partial charge is 0.407 e. The molecule has 0 bridgehead atoms. The van der Waals surface area contributed by atoms with Crippen molar-refractivity contribution >= 4 is 24.6 Å². The summed E-state index contributed by atoms with van der Waals surface area (Å²) in [4.78, 5) is 21.4. The number of aromatic nitrogens is 3. The first kappa shape index (κ1) is 21.9. The molecule has 0 amide bonds. The fourth-order valence-corrected chi connectivity index (χ4v) is 8.33. The van der Waals surface area contributed by atoms with E-state index in [0.717, 1.165) is 5.69 Å². The molecule has 0 saturated heterocycles. The zero-order valence-corrected chi connectivity index (χ0v) is 19.4. The van der Waals surface area contributed by atoms with Gasteiger partial charge < -0.3 is 4.43 Å². The lowest BCUT2D eigenvalue weighted by Gasteiger charge is -2.36. The lowest BCUT2D eigenvalue weighted by atomic mass is 10.1. The van der Waals surface area contributed by atoms with Gasteiger partial charge in [0.2, 0.25) is 0 Å². The standard InChI is InChI=1S/C26H27N3O2Si/c1-21(2)32(22-10-5-3-6-11-22,23-12-7-4-8-13-23)31-19-15-25-24(14-9-16-28-25)26(30)29-18-17-27-20-29/h3-14,16-18,20-21H,15,19H2,1-2H3. The average Bonchev–Trinajstić information content (AvgIpc) is 3.38. The summed E-state index contributed by atoms with van der Waals surface area (Å²) in [5.74, 6) is -0.135. The third-order valence-electron chi connectivity index (χ3n) is 5.75. The molecule has 2 aromatic heterocycles. The van der Waals surface area contributed by atoms with E-state index in [1.807, 2.05) is 18.2 Å². The van der Waals surface area contributed by atoms with Crippen LogP contribution in [0.15, 0.2) is 97.7 Å². The second kappa shape index (κ2) is 9.85. The molecule has 5 nitrogen and oxygen atoms in total. The maximum Gasteiger partial charge on any atom is 0.264 e. The molecule has 4 aromatic rings. The average molecular weight is 442 g/mol. The number of rotatable bonds is 8. The van der Waals surface area contributed by atoms with Crippen LogP contribution in [-0.2, 0) is 10.8 Å². The molecule has 0 aliphatic rings. The van der Waals surface area contributed by atoms with Gasteiger partial charge in [-0.3, -0.25) is 14.3 Å². The Kier molecular flexibility index (Phi) is 6.73. The van der Waals surface area contributed by atoms with Crippen molar-refractivity contribution in [2.45, 2.75) is 25.8 Å². The van der Waals surface area contributed by atoms with E-state index in [2.05, 4.69) is 72.3 Å². The first-order valence-corrected chi connectivity index (χ1v) is 12.8. The Labute approximate surface area is 189 Å². The minimum Gasteiger partial charge on any atom is -0.407 e. The van der Waals surface area contributed by atoms with Crippen molar-refractivity contribution in [1.29, 1.82) is 0 Å². The number of benzene rings is 2. The quantitative estimate of drug-likeness (QED) is 0.391. The molecule has 0 aliphatic carbocycles. The van der Waals surface area contributed by atoms with Crippen molar-refractivity contribution in [3.8, 4) is 0 Å². The molecule has 6 heteroatoms. The predicted octanol–water partition coefficient (Wildman–Crippen LogP) is 3.70. The summed E-state index contributed by atoms with van der Waals surface area (Å²) >= 11 is 0. The molecule has 0 fully saturated rings. The van der Waals surface area contributed by atoms with Crippen LogP contribution >= 0.6 is 0 Å².